The van der Waals surface area contributed by atoms with Gasteiger partial charge in [-0.3, -0.25) is 4.90 Å². The maximum atomic E-state index is 13.7. The fourth-order valence-electron chi connectivity index (χ4n) is 4.33. The smallest absolute Gasteiger partial charge is 0.254 e. The third kappa shape index (κ3) is 2.54. The number of anilines is 1. The number of fused-ring (bicyclic) bond motifs is 2. The number of benzene rings is 1. The molecule has 0 saturated carbocycles. The molecule has 1 aliphatic carbocycles. The average molecular weight is 352 g/mol. The van der Waals surface area contributed by atoms with Gasteiger partial charge in [0.1, 0.15) is 18.0 Å². The molecule has 0 radical (unpaired) electrons. The third-order valence-corrected chi connectivity index (χ3v) is 5.59. The van der Waals surface area contributed by atoms with Crippen molar-refractivity contribution in [3.63, 3.8) is 0 Å². The summed E-state index contributed by atoms with van der Waals surface area (Å²) in [6.45, 7) is 5.73. The highest BCUT2D eigenvalue weighted by atomic mass is 19.1. The van der Waals surface area contributed by atoms with Gasteiger partial charge >= 0.3 is 0 Å². The predicted octanol–water partition coefficient (Wildman–Crippen LogP) is 2.38. The van der Waals surface area contributed by atoms with E-state index in [1.807, 2.05) is 17.5 Å². The predicted molar refractivity (Wildman–Crippen MR) is 96.8 cm³/mol. The Morgan fingerprint density at radius 2 is 1.96 bits per heavy atom. The molecule has 7 heteroatoms. The molecule has 0 amide bonds. The van der Waals surface area contributed by atoms with Crippen LogP contribution < -0.4 is 4.90 Å². The fraction of sp³-hybridized carbons (Fsp3) is 0.421. The molecule has 1 aromatic carbocycles. The molecule has 0 N–H and O–H groups in total. The summed E-state index contributed by atoms with van der Waals surface area (Å²) < 4.78 is 15.5. The largest absolute Gasteiger partial charge is 0.354 e. The van der Waals surface area contributed by atoms with Crippen molar-refractivity contribution >= 4 is 11.6 Å². The summed E-state index contributed by atoms with van der Waals surface area (Å²) in [4.78, 5) is 13.5. The van der Waals surface area contributed by atoms with Crippen LogP contribution in [-0.2, 0) is 6.42 Å². The van der Waals surface area contributed by atoms with Gasteiger partial charge in [-0.1, -0.05) is 6.07 Å². The normalized spacial score (nSPS) is 20.7. The molecule has 3 aromatic rings. The molecule has 3 heterocycles. The number of aromatic nitrogens is 4. The van der Waals surface area contributed by atoms with Gasteiger partial charge in [-0.2, -0.15) is 14.6 Å². The lowest BCUT2D eigenvalue weighted by atomic mass is 10.1. The average Bonchev–Trinajstić information content (AvgIpc) is 3.27. The number of rotatable bonds is 2. The van der Waals surface area contributed by atoms with Gasteiger partial charge in [-0.05, 0) is 43.0 Å². The Morgan fingerprint density at radius 1 is 1.12 bits per heavy atom. The number of halogens is 1. The second-order valence-corrected chi connectivity index (χ2v) is 7.15. The van der Waals surface area contributed by atoms with Crippen LogP contribution in [0.5, 0.6) is 0 Å². The van der Waals surface area contributed by atoms with Crippen LogP contribution in [0.4, 0.5) is 10.2 Å². The molecule has 26 heavy (non-hydrogen) atoms. The maximum Gasteiger partial charge on any atom is 0.254 e. The molecule has 5 rings (SSSR count). The Balaban J connectivity index is 1.36. The van der Waals surface area contributed by atoms with E-state index in [1.54, 1.807) is 18.5 Å². The zero-order valence-corrected chi connectivity index (χ0v) is 14.8. The van der Waals surface area contributed by atoms with E-state index in [9.17, 15) is 4.39 Å². The van der Waals surface area contributed by atoms with E-state index in [0.717, 1.165) is 50.5 Å². The Bertz CT molecular complexity index is 960. The van der Waals surface area contributed by atoms with E-state index < -0.39 is 0 Å². The zero-order chi connectivity index (χ0) is 17.7. The molecule has 1 aliphatic heterocycles. The van der Waals surface area contributed by atoms with Crippen LogP contribution in [0.25, 0.3) is 5.78 Å². The summed E-state index contributed by atoms with van der Waals surface area (Å²) in [5.74, 6) is 1.56. The molecule has 2 aromatic heterocycles. The van der Waals surface area contributed by atoms with Gasteiger partial charge in [0, 0.05) is 44.0 Å². The first-order valence-electron chi connectivity index (χ1n) is 9.14. The van der Waals surface area contributed by atoms with E-state index in [4.69, 9.17) is 0 Å². The molecule has 134 valence electrons. The Hall–Kier alpha value is -2.54. The first kappa shape index (κ1) is 15.7. The lowest BCUT2D eigenvalue weighted by Gasteiger charge is -2.39. The van der Waals surface area contributed by atoms with Crippen molar-refractivity contribution in [1.82, 2.24) is 24.5 Å². The summed E-state index contributed by atoms with van der Waals surface area (Å²) in [5.41, 5.74) is 3.42. The standard InChI is InChI=1S/C19H21FN6/c1-13-10-18(26-19(23-13)21-12-22-26)25-8-6-24(7-9-25)17-5-3-14-2-4-15(20)11-16(14)17/h2,4,10-12,17H,3,5-9H2,1H3. The minimum atomic E-state index is -0.130. The molecule has 6 nitrogen and oxygen atoms in total. The Labute approximate surface area is 151 Å². The van der Waals surface area contributed by atoms with Crippen molar-refractivity contribution in [3.8, 4) is 0 Å². The number of nitrogens with zero attached hydrogens (tertiary/aromatic N) is 6. The number of hydrogen-bond donors (Lipinski definition) is 0. The first-order valence-corrected chi connectivity index (χ1v) is 9.14. The van der Waals surface area contributed by atoms with E-state index >= 15 is 0 Å². The van der Waals surface area contributed by atoms with Crippen LogP contribution in [0.15, 0.2) is 30.6 Å². The summed E-state index contributed by atoms with van der Waals surface area (Å²) in [5, 5.41) is 4.32. The second-order valence-electron chi connectivity index (χ2n) is 7.15. The van der Waals surface area contributed by atoms with E-state index in [1.165, 1.54) is 11.1 Å². The third-order valence-electron chi connectivity index (χ3n) is 5.59. The maximum absolute atomic E-state index is 13.7. The molecule has 0 spiro atoms. The zero-order valence-electron chi connectivity index (χ0n) is 14.8. The van der Waals surface area contributed by atoms with Gasteiger partial charge in [-0.15, -0.1) is 0 Å². The van der Waals surface area contributed by atoms with E-state index in [2.05, 4.69) is 30.9 Å². The summed E-state index contributed by atoms with van der Waals surface area (Å²) in [6.07, 6.45) is 3.68. The quantitative estimate of drug-likeness (QED) is 0.709. The first-order chi connectivity index (χ1) is 12.7. The Kier molecular flexibility index (Phi) is 3.63. The minimum absolute atomic E-state index is 0.130. The Morgan fingerprint density at radius 3 is 2.81 bits per heavy atom. The molecular weight excluding hydrogens is 331 g/mol. The minimum Gasteiger partial charge on any atom is -0.354 e. The van der Waals surface area contributed by atoms with Crippen molar-refractivity contribution in [2.45, 2.75) is 25.8 Å². The van der Waals surface area contributed by atoms with Gasteiger partial charge in [-0.25, -0.2) is 9.37 Å². The second kappa shape index (κ2) is 6.02. The SMILES string of the molecule is Cc1cc(N2CCN(C3CCc4ccc(F)cc43)CC2)n2ncnc2n1. The van der Waals surface area contributed by atoms with Crippen molar-refractivity contribution in [3.05, 3.63) is 53.2 Å². The van der Waals surface area contributed by atoms with Crippen molar-refractivity contribution in [2.24, 2.45) is 0 Å². The van der Waals surface area contributed by atoms with Gasteiger partial charge in [0.15, 0.2) is 0 Å². The van der Waals surface area contributed by atoms with Crippen molar-refractivity contribution < 1.29 is 4.39 Å². The highest BCUT2D eigenvalue weighted by molar-refractivity contribution is 5.47. The summed E-state index contributed by atoms with van der Waals surface area (Å²) in [6, 6.07) is 7.66. The lowest BCUT2D eigenvalue weighted by molar-refractivity contribution is 0.185. The van der Waals surface area contributed by atoms with Crippen molar-refractivity contribution in [1.29, 1.82) is 0 Å². The molecule has 1 atom stereocenters. The van der Waals surface area contributed by atoms with Crippen LogP contribution in [0.1, 0.15) is 29.3 Å². The molecule has 1 saturated heterocycles. The van der Waals surface area contributed by atoms with Gasteiger partial charge in [0.05, 0.1) is 0 Å². The lowest BCUT2D eigenvalue weighted by Crippen LogP contribution is -2.48. The molecule has 1 unspecified atom stereocenters. The number of piperazine rings is 1. The highest BCUT2D eigenvalue weighted by Gasteiger charge is 2.31. The van der Waals surface area contributed by atoms with Crippen LogP contribution in [-0.4, -0.2) is 50.7 Å². The summed E-state index contributed by atoms with van der Waals surface area (Å²) in [7, 11) is 0. The molecular formula is C19H21FN6. The van der Waals surface area contributed by atoms with Gasteiger partial charge < -0.3 is 4.90 Å². The van der Waals surface area contributed by atoms with Crippen LogP contribution >= 0.6 is 0 Å². The van der Waals surface area contributed by atoms with Crippen molar-refractivity contribution in [2.75, 3.05) is 31.1 Å². The van der Waals surface area contributed by atoms with Crippen LogP contribution in [0.2, 0.25) is 0 Å². The van der Waals surface area contributed by atoms with Crippen LogP contribution in [0, 0.1) is 12.7 Å². The fourth-order valence-corrected chi connectivity index (χ4v) is 4.33. The molecule has 2 aliphatic rings. The topological polar surface area (TPSA) is 49.6 Å². The van der Waals surface area contributed by atoms with E-state index in [0.29, 0.717) is 11.8 Å². The van der Waals surface area contributed by atoms with E-state index in [-0.39, 0.29) is 5.82 Å². The number of hydrogen-bond acceptors (Lipinski definition) is 5. The van der Waals surface area contributed by atoms with Gasteiger partial charge in [0.25, 0.3) is 5.78 Å². The van der Waals surface area contributed by atoms with Crippen LogP contribution in [0.3, 0.4) is 0 Å². The van der Waals surface area contributed by atoms with Gasteiger partial charge in [0.2, 0.25) is 0 Å². The molecule has 0 bridgehead atoms. The molecule has 1 fully saturated rings. The summed E-state index contributed by atoms with van der Waals surface area (Å²) >= 11 is 0. The monoisotopic (exact) mass is 352 g/mol. The number of aryl methyl sites for hydroxylation is 2. The highest BCUT2D eigenvalue weighted by Crippen LogP contribution is 2.36.